The highest BCUT2D eigenvalue weighted by Crippen LogP contribution is 2.40. The number of hydrogen-bond donors (Lipinski definition) is 0. The molecule has 2 heterocycles. The Kier molecular flexibility index (Phi) is 4.70. The van der Waals surface area contributed by atoms with Crippen LogP contribution in [0.15, 0.2) is 11.6 Å². The summed E-state index contributed by atoms with van der Waals surface area (Å²) in [6.45, 7) is 5.84. The van der Waals surface area contributed by atoms with E-state index in [-0.39, 0.29) is 12.2 Å². The molecule has 0 saturated carbocycles. The number of fused-ring (bicyclic) bond motifs is 1. The minimum Gasteiger partial charge on any atom is -0.313 e. The molecule has 118 valence electrons. The van der Waals surface area contributed by atoms with Gasteiger partial charge in [-0.05, 0) is 33.7 Å². The van der Waals surface area contributed by atoms with Gasteiger partial charge in [-0.3, -0.25) is 4.90 Å². The summed E-state index contributed by atoms with van der Waals surface area (Å²) in [4.78, 5) is 2.02. The summed E-state index contributed by atoms with van der Waals surface area (Å²) < 4.78 is 40.6. The third kappa shape index (κ3) is 3.84. The maximum atomic E-state index is 13.0. The van der Waals surface area contributed by atoms with Crippen LogP contribution in [0, 0.1) is 0 Å². The molecule has 0 radical (unpaired) electrons. The molecule has 4 nitrogen and oxygen atoms in total. The zero-order valence-electron chi connectivity index (χ0n) is 12.6. The van der Waals surface area contributed by atoms with E-state index in [1.165, 1.54) is 5.57 Å². The third-order valence-corrected chi connectivity index (χ3v) is 3.66. The largest absolute Gasteiger partial charge is 0.398 e. The monoisotopic (exact) mass is 302 g/mol. The molecule has 0 spiro atoms. The molecule has 1 atom stereocenters. The molecule has 1 unspecified atom stereocenters. The van der Waals surface area contributed by atoms with E-state index < -0.39 is 12.1 Å². The second-order valence-electron chi connectivity index (χ2n) is 5.84. The minimum absolute atomic E-state index is 0.0689. The molecular formula is C14H21F3N4. The molecule has 0 saturated heterocycles. The Bertz CT molecular complexity index is 515. The van der Waals surface area contributed by atoms with Crippen molar-refractivity contribution >= 4 is 0 Å². The number of rotatable bonds is 4. The lowest BCUT2D eigenvalue weighted by Gasteiger charge is -2.26. The van der Waals surface area contributed by atoms with Crippen molar-refractivity contribution in [2.24, 2.45) is 0 Å². The first kappa shape index (κ1) is 16.0. The maximum absolute atomic E-state index is 13.0. The van der Waals surface area contributed by atoms with Gasteiger partial charge in [0.15, 0.2) is 0 Å². The standard InChI is InChI=1S/C14H21F3N4/c1-10(2)6-8-20(3)9-12-18-19-13-11(14(15,16)17)5-4-7-21(12)13/h6,11H,4-5,7-9H2,1-3H3. The average molecular weight is 302 g/mol. The zero-order valence-corrected chi connectivity index (χ0v) is 12.6. The van der Waals surface area contributed by atoms with E-state index in [4.69, 9.17) is 0 Å². The van der Waals surface area contributed by atoms with Crippen molar-refractivity contribution in [3.8, 4) is 0 Å². The first-order chi connectivity index (χ1) is 9.79. The van der Waals surface area contributed by atoms with E-state index in [0.717, 1.165) is 6.54 Å². The lowest BCUT2D eigenvalue weighted by Crippen LogP contribution is -2.29. The number of nitrogens with zero attached hydrogens (tertiary/aromatic N) is 4. The van der Waals surface area contributed by atoms with Gasteiger partial charge in [-0.1, -0.05) is 11.6 Å². The van der Waals surface area contributed by atoms with Crippen LogP contribution in [0.4, 0.5) is 13.2 Å². The van der Waals surface area contributed by atoms with Crippen molar-refractivity contribution in [1.82, 2.24) is 19.7 Å². The van der Waals surface area contributed by atoms with Crippen LogP contribution >= 0.6 is 0 Å². The van der Waals surface area contributed by atoms with E-state index in [0.29, 0.717) is 25.3 Å². The Labute approximate surface area is 122 Å². The minimum atomic E-state index is -4.24. The van der Waals surface area contributed by atoms with Gasteiger partial charge in [-0.2, -0.15) is 13.2 Å². The van der Waals surface area contributed by atoms with Gasteiger partial charge in [-0.25, -0.2) is 0 Å². The molecule has 0 amide bonds. The van der Waals surface area contributed by atoms with E-state index >= 15 is 0 Å². The van der Waals surface area contributed by atoms with Crippen molar-refractivity contribution in [3.05, 3.63) is 23.3 Å². The Balaban J connectivity index is 2.14. The molecule has 0 bridgehead atoms. The lowest BCUT2D eigenvalue weighted by atomic mass is 9.98. The number of aromatic nitrogens is 3. The fourth-order valence-corrected chi connectivity index (χ4v) is 2.50. The smallest absolute Gasteiger partial charge is 0.313 e. The molecular weight excluding hydrogens is 281 g/mol. The molecule has 0 aromatic carbocycles. The Morgan fingerprint density at radius 1 is 1.38 bits per heavy atom. The summed E-state index contributed by atoms with van der Waals surface area (Å²) in [5.74, 6) is -0.793. The van der Waals surface area contributed by atoms with E-state index in [9.17, 15) is 13.2 Å². The van der Waals surface area contributed by atoms with Crippen molar-refractivity contribution in [2.75, 3.05) is 13.6 Å². The van der Waals surface area contributed by atoms with E-state index in [1.54, 1.807) is 4.57 Å². The molecule has 1 aliphatic heterocycles. The van der Waals surface area contributed by atoms with Crippen LogP contribution < -0.4 is 0 Å². The van der Waals surface area contributed by atoms with Crippen LogP contribution in [0.25, 0.3) is 0 Å². The van der Waals surface area contributed by atoms with Gasteiger partial charge >= 0.3 is 6.18 Å². The van der Waals surface area contributed by atoms with E-state index in [2.05, 4.69) is 16.3 Å². The van der Waals surface area contributed by atoms with Crippen LogP contribution in [0.2, 0.25) is 0 Å². The summed E-state index contributed by atoms with van der Waals surface area (Å²) >= 11 is 0. The van der Waals surface area contributed by atoms with Crippen molar-refractivity contribution < 1.29 is 13.2 Å². The molecule has 0 aliphatic carbocycles. The predicted molar refractivity (Wildman–Crippen MR) is 73.8 cm³/mol. The molecule has 1 aliphatic rings. The Morgan fingerprint density at radius 3 is 2.71 bits per heavy atom. The summed E-state index contributed by atoms with van der Waals surface area (Å²) in [6, 6.07) is 0. The van der Waals surface area contributed by atoms with Gasteiger partial charge in [0.25, 0.3) is 0 Å². The van der Waals surface area contributed by atoms with Crippen LogP contribution in [-0.2, 0) is 13.1 Å². The highest BCUT2D eigenvalue weighted by atomic mass is 19.4. The summed E-state index contributed by atoms with van der Waals surface area (Å²) in [6.07, 6.45) is -1.54. The Morgan fingerprint density at radius 2 is 2.10 bits per heavy atom. The molecule has 21 heavy (non-hydrogen) atoms. The highest BCUT2D eigenvalue weighted by molar-refractivity contribution is 5.08. The zero-order chi connectivity index (χ0) is 15.6. The average Bonchev–Trinajstić information content (AvgIpc) is 2.78. The van der Waals surface area contributed by atoms with Gasteiger partial charge in [0.05, 0.1) is 6.54 Å². The van der Waals surface area contributed by atoms with Gasteiger partial charge < -0.3 is 4.57 Å². The second kappa shape index (κ2) is 6.17. The number of hydrogen-bond acceptors (Lipinski definition) is 3. The van der Waals surface area contributed by atoms with Crippen LogP contribution in [-0.4, -0.2) is 39.4 Å². The van der Waals surface area contributed by atoms with E-state index in [1.807, 2.05) is 25.8 Å². The molecule has 1 aromatic heterocycles. The number of allylic oxidation sites excluding steroid dienone is 1. The van der Waals surface area contributed by atoms with Crippen LogP contribution in [0.5, 0.6) is 0 Å². The SMILES string of the molecule is CC(C)=CCN(C)Cc1nnc2n1CCCC2C(F)(F)F. The maximum Gasteiger partial charge on any atom is 0.398 e. The molecule has 0 N–H and O–H groups in total. The molecule has 0 fully saturated rings. The normalized spacial score (nSPS) is 18.7. The van der Waals surface area contributed by atoms with Crippen LogP contribution in [0.3, 0.4) is 0 Å². The van der Waals surface area contributed by atoms with Crippen LogP contribution in [0.1, 0.15) is 44.3 Å². The number of alkyl halides is 3. The quantitative estimate of drug-likeness (QED) is 0.801. The molecule has 2 rings (SSSR count). The topological polar surface area (TPSA) is 34.0 Å². The van der Waals surface area contributed by atoms with Crippen molar-refractivity contribution in [1.29, 1.82) is 0 Å². The molecule has 7 heteroatoms. The lowest BCUT2D eigenvalue weighted by molar-refractivity contribution is -0.156. The summed E-state index contributed by atoms with van der Waals surface area (Å²) in [7, 11) is 1.92. The number of likely N-dealkylation sites (N-methyl/N-ethyl adjacent to an activating group) is 1. The first-order valence-corrected chi connectivity index (χ1v) is 7.09. The van der Waals surface area contributed by atoms with Crippen molar-refractivity contribution in [3.63, 3.8) is 0 Å². The van der Waals surface area contributed by atoms with Crippen molar-refractivity contribution in [2.45, 2.75) is 51.9 Å². The van der Waals surface area contributed by atoms with Gasteiger partial charge in [0.1, 0.15) is 17.6 Å². The molecule has 1 aromatic rings. The first-order valence-electron chi connectivity index (χ1n) is 7.09. The third-order valence-electron chi connectivity index (χ3n) is 3.66. The summed E-state index contributed by atoms with van der Waals surface area (Å²) in [5, 5.41) is 7.78. The fraction of sp³-hybridized carbons (Fsp3) is 0.714. The summed E-state index contributed by atoms with van der Waals surface area (Å²) in [5.41, 5.74) is 1.21. The predicted octanol–water partition coefficient (Wildman–Crippen LogP) is 3.12. The van der Waals surface area contributed by atoms with Gasteiger partial charge in [-0.15, -0.1) is 10.2 Å². The number of halogens is 3. The van der Waals surface area contributed by atoms with Gasteiger partial charge in [0.2, 0.25) is 0 Å². The fourth-order valence-electron chi connectivity index (χ4n) is 2.50. The highest BCUT2D eigenvalue weighted by Gasteiger charge is 2.45. The second-order valence-corrected chi connectivity index (χ2v) is 5.84. The van der Waals surface area contributed by atoms with Gasteiger partial charge in [0, 0.05) is 13.1 Å². The Hall–Kier alpha value is -1.37.